The second-order valence-electron chi connectivity index (χ2n) is 5.23. The number of fused-ring (bicyclic) bond motifs is 1. The van der Waals surface area contributed by atoms with Crippen molar-refractivity contribution < 1.29 is 4.79 Å². The Kier molecular flexibility index (Phi) is 2.94. The molecule has 2 rings (SSSR count). The Morgan fingerprint density at radius 1 is 1.47 bits per heavy atom. The lowest BCUT2D eigenvalue weighted by atomic mass is 9.97. The fourth-order valence-corrected chi connectivity index (χ4v) is 2.91. The van der Waals surface area contributed by atoms with E-state index in [0.717, 1.165) is 21.4 Å². The van der Waals surface area contributed by atoms with Crippen molar-refractivity contribution in [1.82, 2.24) is 0 Å². The van der Waals surface area contributed by atoms with Gasteiger partial charge in [0.2, 0.25) is 5.91 Å². The molecule has 1 aliphatic heterocycles. The Labute approximate surface area is 110 Å². The first kappa shape index (κ1) is 12.4. The van der Waals surface area contributed by atoms with Gasteiger partial charge in [-0.05, 0) is 38.5 Å². The minimum atomic E-state index is -0.105. The van der Waals surface area contributed by atoms with Crippen LogP contribution in [0.2, 0.25) is 0 Å². The molecular formula is C13H17BrN2O. The summed E-state index contributed by atoms with van der Waals surface area (Å²) in [5.41, 5.74) is 3.02. The van der Waals surface area contributed by atoms with Crippen LogP contribution >= 0.6 is 15.9 Å². The molecular weight excluding hydrogens is 280 g/mol. The SMILES string of the molecule is CC(=O)N1CC(C)(C)Nc2cc(Br)cc(C)c21. The van der Waals surface area contributed by atoms with Crippen molar-refractivity contribution >= 4 is 33.2 Å². The van der Waals surface area contributed by atoms with E-state index in [2.05, 4.69) is 35.1 Å². The smallest absolute Gasteiger partial charge is 0.224 e. The van der Waals surface area contributed by atoms with Gasteiger partial charge in [0.15, 0.2) is 0 Å². The molecule has 92 valence electrons. The molecule has 0 aromatic heterocycles. The highest BCUT2D eigenvalue weighted by molar-refractivity contribution is 9.10. The number of nitrogens with zero attached hydrogens (tertiary/aromatic N) is 1. The summed E-state index contributed by atoms with van der Waals surface area (Å²) in [7, 11) is 0. The Hall–Kier alpha value is -1.03. The first-order valence-corrected chi connectivity index (χ1v) is 6.46. The van der Waals surface area contributed by atoms with Crippen LogP contribution in [0.25, 0.3) is 0 Å². The molecule has 17 heavy (non-hydrogen) atoms. The molecule has 3 nitrogen and oxygen atoms in total. The van der Waals surface area contributed by atoms with E-state index in [1.807, 2.05) is 24.0 Å². The summed E-state index contributed by atoms with van der Waals surface area (Å²) < 4.78 is 1.03. The summed E-state index contributed by atoms with van der Waals surface area (Å²) in [6.07, 6.45) is 0. The summed E-state index contributed by atoms with van der Waals surface area (Å²) in [4.78, 5) is 13.6. The van der Waals surface area contributed by atoms with Crippen LogP contribution in [-0.4, -0.2) is 18.0 Å². The van der Waals surface area contributed by atoms with Gasteiger partial charge in [-0.2, -0.15) is 0 Å². The lowest BCUT2D eigenvalue weighted by molar-refractivity contribution is -0.116. The molecule has 0 saturated carbocycles. The average molecular weight is 297 g/mol. The number of anilines is 2. The third-order valence-electron chi connectivity index (χ3n) is 2.94. The van der Waals surface area contributed by atoms with Gasteiger partial charge in [-0.25, -0.2) is 0 Å². The van der Waals surface area contributed by atoms with Crippen molar-refractivity contribution in [2.75, 3.05) is 16.8 Å². The van der Waals surface area contributed by atoms with Gasteiger partial charge >= 0.3 is 0 Å². The Bertz CT molecular complexity index is 483. The lowest BCUT2D eigenvalue weighted by Gasteiger charge is -2.41. The summed E-state index contributed by atoms with van der Waals surface area (Å²) in [5.74, 6) is 0.0891. The second-order valence-corrected chi connectivity index (χ2v) is 6.15. The maximum atomic E-state index is 11.8. The lowest BCUT2D eigenvalue weighted by Crippen LogP contribution is -2.50. The highest BCUT2D eigenvalue weighted by atomic mass is 79.9. The number of aryl methyl sites for hydroxylation is 1. The molecule has 0 atom stereocenters. The van der Waals surface area contributed by atoms with E-state index in [4.69, 9.17) is 0 Å². The number of halogens is 1. The Balaban J connectivity index is 2.60. The largest absolute Gasteiger partial charge is 0.377 e. The number of rotatable bonds is 0. The first-order chi connectivity index (χ1) is 7.80. The van der Waals surface area contributed by atoms with E-state index in [1.165, 1.54) is 0 Å². The molecule has 0 aliphatic carbocycles. The topological polar surface area (TPSA) is 32.3 Å². The van der Waals surface area contributed by atoms with Crippen LogP contribution in [0.1, 0.15) is 26.3 Å². The quantitative estimate of drug-likeness (QED) is 0.796. The molecule has 1 aromatic rings. The number of hydrogen-bond acceptors (Lipinski definition) is 2. The maximum Gasteiger partial charge on any atom is 0.224 e. The van der Waals surface area contributed by atoms with Gasteiger partial charge < -0.3 is 10.2 Å². The van der Waals surface area contributed by atoms with E-state index < -0.39 is 0 Å². The Morgan fingerprint density at radius 3 is 2.71 bits per heavy atom. The number of carbonyl (C=O) groups is 1. The zero-order valence-electron chi connectivity index (χ0n) is 10.6. The van der Waals surface area contributed by atoms with Crippen LogP contribution in [0.3, 0.4) is 0 Å². The van der Waals surface area contributed by atoms with Gasteiger partial charge in [-0.1, -0.05) is 15.9 Å². The van der Waals surface area contributed by atoms with E-state index >= 15 is 0 Å². The number of carbonyl (C=O) groups excluding carboxylic acids is 1. The van der Waals surface area contributed by atoms with Gasteiger partial charge in [-0.15, -0.1) is 0 Å². The van der Waals surface area contributed by atoms with Crippen LogP contribution in [0.5, 0.6) is 0 Å². The fraction of sp³-hybridized carbons (Fsp3) is 0.462. The molecule has 1 aromatic carbocycles. The number of amides is 1. The van der Waals surface area contributed by atoms with Crippen molar-refractivity contribution in [3.8, 4) is 0 Å². The zero-order valence-corrected chi connectivity index (χ0v) is 12.2. The number of hydrogen-bond donors (Lipinski definition) is 1. The van der Waals surface area contributed by atoms with Crippen LogP contribution in [-0.2, 0) is 4.79 Å². The summed E-state index contributed by atoms with van der Waals surface area (Å²) in [6, 6.07) is 4.06. The predicted octanol–water partition coefficient (Wildman–Crippen LogP) is 3.31. The fourth-order valence-electron chi connectivity index (χ4n) is 2.34. The van der Waals surface area contributed by atoms with Crippen molar-refractivity contribution in [2.45, 2.75) is 33.2 Å². The molecule has 4 heteroatoms. The third kappa shape index (κ3) is 2.32. The van der Waals surface area contributed by atoms with Crippen LogP contribution in [0, 0.1) is 6.92 Å². The molecule has 0 radical (unpaired) electrons. The van der Waals surface area contributed by atoms with Crippen molar-refractivity contribution in [2.24, 2.45) is 0 Å². The zero-order chi connectivity index (χ0) is 12.8. The maximum absolute atomic E-state index is 11.8. The molecule has 0 spiro atoms. The molecule has 0 bridgehead atoms. The van der Waals surface area contributed by atoms with Crippen molar-refractivity contribution in [3.05, 3.63) is 22.2 Å². The summed E-state index contributed by atoms with van der Waals surface area (Å²) >= 11 is 3.49. The van der Waals surface area contributed by atoms with E-state index in [0.29, 0.717) is 6.54 Å². The summed E-state index contributed by atoms with van der Waals surface area (Å²) in [5, 5.41) is 3.48. The van der Waals surface area contributed by atoms with E-state index in [9.17, 15) is 4.79 Å². The molecule has 1 amide bonds. The van der Waals surface area contributed by atoms with Crippen LogP contribution < -0.4 is 10.2 Å². The second kappa shape index (κ2) is 4.02. The Morgan fingerprint density at radius 2 is 2.12 bits per heavy atom. The standard InChI is InChI=1S/C13H17BrN2O/c1-8-5-10(14)6-11-12(8)16(9(2)17)7-13(3,4)15-11/h5-6,15H,7H2,1-4H3. The number of benzene rings is 1. The molecule has 1 aliphatic rings. The van der Waals surface area contributed by atoms with Gasteiger partial charge in [0.1, 0.15) is 0 Å². The third-order valence-corrected chi connectivity index (χ3v) is 3.40. The van der Waals surface area contributed by atoms with Gasteiger partial charge in [0, 0.05) is 23.5 Å². The predicted molar refractivity (Wildman–Crippen MR) is 74.6 cm³/mol. The van der Waals surface area contributed by atoms with E-state index in [1.54, 1.807) is 6.92 Å². The molecule has 0 unspecified atom stereocenters. The molecule has 1 N–H and O–H groups in total. The minimum absolute atomic E-state index is 0.0891. The molecule has 0 saturated heterocycles. The van der Waals surface area contributed by atoms with Crippen molar-refractivity contribution in [1.29, 1.82) is 0 Å². The molecule has 1 heterocycles. The molecule has 0 fully saturated rings. The van der Waals surface area contributed by atoms with Crippen LogP contribution in [0.4, 0.5) is 11.4 Å². The van der Waals surface area contributed by atoms with E-state index in [-0.39, 0.29) is 11.4 Å². The normalized spacial score (nSPS) is 17.4. The average Bonchev–Trinajstić information content (AvgIpc) is 2.12. The van der Waals surface area contributed by atoms with Gasteiger partial charge in [-0.3, -0.25) is 4.79 Å². The minimum Gasteiger partial charge on any atom is -0.377 e. The van der Waals surface area contributed by atoms with Crippen LogP contribution in [0.15, 0.2) is 16.6 Å². The monoisotopic (exact) mass is 296 g/mol. The van der Waals surface area contributed by atoms with Gasteiger partial charge in [0.25, 0.3) is 0 Å². The summed E-state index contributed by atoms with van der Waals surface area (Å²) in [6.45, 7) is 8.54. The highest BCUT2D eigenvalue weighted by Gasteiger charge is 2.32. The highest BCUT2D eigenvalue weighted by Crippen LogP contribution is 2.39. The van der Waals surface area contributed by atoms with Crippen molar-refractivity contribution in [3.63, 3.8) is 0 Å². The van der Waals surface area contributed by atoms with Gasteiger partial charge in [0.05, 0.1) is 11.4 Å². The first-order valence-electron chi connectivity index (χ1n) is 5.66. The number of nitrogens with one attached hydrogen (secondary N) is 1.